The van der Waals surface area contributed by atoms with E-state index in [1.54, 1.807) is 4.57 Å². The van der Waals surface area contributed by atoms with Gasteiger partial charge < -0.3 is 16.0 Å². The lowest BCUT2D eigenvalue weighted by Crippen LogP contribution is -2.31. The number of aromatic nitrogens is 1. The van der Waals surface area contributed by atoms with Crippen LogP contribution in [0.3, 0.4) is 0 Å². The molecule has 0 aliphatic rings. The molecule has 0 fully saturated rings. The van der Waals surface area contributed by atoms with Gasteiger partial charge in [0.15, 0.2) is 0 Å². The Morgan fingerprint density at radius 1 is 1.31 bits per heavy atom. The lowest BCUT2D eigenvalue weighted by atomic mass is 10.1. The molecule has 4 heteroatoms. The van der Waals surface area contributed by atoms with Crippen molar-refractivity contribution in [2.24, 2.45) is 11.7 Å². The zero-order chi connectivity index (χ0) is 12.5. The average Bonchev–Trinajstić information content (AvgIpc) is 2.22. The van der Waals surface area contributed by atoms with Crippen molar-refractivity contribution in [3.05, 3.63) is 27.2 Å². The van der Waals surface area contributed by atoms with E-state index >= 15 is 0 Å². The molecule has 1 rings (SSSR count). The van der Waals surface area contributed by atoms with Crippen LogP contribution in [0.2, 0.25) is 0 Å². The molecule has 0 aliphatic heterocycles. The first-order valence-corrected chi connectivity index (χ1v) is 5.58. The van der Waals surface area contributed by atoms with Crippen LogP contribution in [0.4, 0.5) is 5.69 Å². The van der Waals surface area contributed by atoms with E-state index in [4.69, 9.17) is 11.5 Å². The molecular weight excluding hydrogens is 202 g/mol. The molecule has 0 radical (unpaired) electrons. The van der Waals surface area contributed by atoms with Gasteiger partial charge in [0.1, 0.15) is 0 Å². The van der Waals surface area contributed by atoms with E-state index in [9.17, 15) is 4.79 Å². The lowest BCUT2D eigenvalue weighted by Gasteiger charge is -2.18. The minimum absolute atomic E-state index is 0.000370. The number of pyridine rings is 1. The second kappa shape index (κ2) is 4.70. The summed E-state index contributed by atoms with van der Waals surface area (Å²) in [4.78, 5) is 12.2. The fourth-order valence-corrected chi connectivity index (χ4v) is 1.88. The molecule has 4 nitrogen and oxygen atoms in total. The topological polar surface area (TPSA) is 74.0 Å². The molecule has 0 spiro atoms. The summed E-state index contributed by atoms with van der Waals surface area (Å²) in [6.45, 7) is 8.81. The first kappa shape index (κ1) is 12.8. The third kappa shape index (κ3) is 2.11. The molecule has 90 valence electrons. The number of nitrogens with two attached hydrogens (primary N) is 2. The van der Waals surface area contributed by atoms with Crippen molar-refractivity contribution in [1.29, 1.82) is 0 Å². The number of hydrogen-bond donors (Lipinski definition) is 2. The molecule has 4 N–H and O–H groups in total. The first-order valence-electron chi connectivity index (χ1n) is 5.58. The Labute approximate surface area is 96.3 Å². The van der Waals surface area contributed by atoms with E-state index in [2.05, 4.69) is 13.8 Å². The second-order valence-electron chi connectivity index (χ2n) is 4.62. The highest BCUT2D eigenvalue weighted by atomic mass is 16.1. The highest BCUT2D eigenvalue weighted by molar-refractivity contribution is 5.53. The van der Waals surface area contributed by atoms with Crippen molar-refractivity contribution in [2.45, 2.75) is 40.8 Å². The van der Waals surface area contributed by atoms with E-state index in [0.29, 0.717) is 23.7 Å². The van der Waals surface area contributed by atoms with Crippen LogP contribution in [0.15, 0.2) is 4.79 Å². The van der Waals surface area contributed by atoms with Crippen molar-refractivity contribution in [3.63, 3.8) is 0 Å². The molecule has 16 heavy (non-hydrogen) atoms. The van der Waals surface area contributed by atoms with E-state index in [-0.39, 0.29) is 12.1 Å². The predicted octanol–water partition coefficient (Wildman–Crippen LogP) is 1.16. The van der Waals surface area contributed by atoms with E-state index < -0.39 is 0 Å². The number of nitrogens with zero attached hydrogens (tertiary/aromatic N) is 1. The van der Waals surface area contributed by atoms with Crippen LogP contribution >= 0.6 is 0 Å². The first-order chi connectivity index (χ1) is 7.40. The number of nitrogen functional groups attached to an aromatic ring is 1. The summed E-state index contributed by atoms with van der Waals surface area (Å²) in [7, 11) is 0. The van der Waals surface area contributed by atoms with Gasteiger partial charge >= 0.3 is 0 Å². The Kier molecular flexibility index (Phi) is 3.75. The van der Waals surface area contributed by atoms with Crippen LogP contribution < -0.4 is 17.0 Å². The van der Waals surface area contributed by atoms with Crippen LogP contribution in [0.1, 0.15) is 30.7 Å². The third-order valence-corrected chi connectivity index (χ3v) is 2.91. The summed E-state index contributed by atoms with van der Waals surface area (Å²) >= 11 is 0. The van der Waals surface area contributed by atoms with Crippen LogP contribution in [0.5, 0.6) is 0 Å². The molecule has 0 aromatic carbocycles. The highest BCUT2D eigenvalue weighted by Gasteiger charge is 2.14. The molecule has 1 aromatic heterocycles. The summed E-state index contributed by atoms with van der Waals surface area (Å²) in [6.07, 6.45) is 0. The molecular formula is C12H21N3O. The number of anilines is 1. The largest absolute Gasteiger partial charge is 0.397 e. The van der Waals surface area contributed by atoms with Gasteiger partial charge in [0.25, 0.3) is 5.56 Å². The predicted molar refractivity (Wildman–Crippen MR) is 67.3 cm³/mol. The quantitative estimate of drug-likeness (QED) is 0.807. The van der Waals surface area contributed by atoms with Gasteiger partial charge in [0.05, 0.1) is 5.69 Å². The van der Waals surface area contributed by atoms with Gasteiger partial charge in [-0.25, -0.2) is 0 Å². The number of rotatable bonds is 3. The summed E-state index contributed by atoms with van der Waals surface area (Å²) < 4.78 is 1.73. The number of hydrogen-bond acceptors (Lipinski definition) is 3. The van der Waals surface area contributed by atoms with Crippen molar-refractivity contribution in [3.8, 4) is 0 Å². The summed E-state index contributed by atoms with van der Waals surface area (Å²) in [5.74, 6) is 0.407. The third-order valence-electron chi connectivity index (χ3n) is 2.91. The molecule has 1 heterocycles. The van der Waals surface area contributed by atoms with Gasteiger partial charge in [0.2, 0.25) is 0 Å². The van der Waals surface area contributed by atoms with Gasteiger partial charge in [-0.15, -0.1) is 0 Å². The molecule has 0 aliphatic carbocycles. The standard InChI is InChI=1S/C12H21N3O/c1-7(2)6-15-9(4)11(14)8(3)10(5-13)12(15)16/h7H,5-6,13-14H2,1-4H3. The Balaban J connectivity index is 3.49. The zero-order valence-electron chi connectivity index (χ0n) is 10.5. The van der Waals surface area contributed by atoms with Gasteiger partial charge in [-0.3, -0.25) is 4.79 Å². The molecule has 0 unspecified atom stereocenters. The maximum Gasteiger partial charge on any atom is 0.255 e. The second-order valence-corrected chi connectivity index (χ2v) is 4.62. The maximum atomic E-state index is 12.2. The Morgan fingerprint density at radius 2 is 1.88 bits per heavy atom. The molecule has 0 saturated heterocycles. The molecule has 0 bridgehead atoms. The van der Waals surface area contributed by atoms with Crippen molar-refractivity contribution >= 4 is 5.69 Å². The summed E-state index contributed by atoms with van der Waals surface area (Å²) in [5.41, 5.74) is 14.6. The van der Waals surface area contributed by atoms with Crippen LogP contribution in [0, 0.1) is 19.8 Å². The SMILES string of the molecule is Cc1c(N)c(C)n(CC(C)C)c(=O)c1CN. The summed E-state index contributed by atoms with van der Waals surface area (Å²) in [5, 5.41) is 0. The smallest absolute Gasteiger partial charge is 0.255 e. The van der Waals surface area contributed by atoms with Gasteiger partial charge in [0, 0.05) is 24.3 Å². The summed E-state index contributed by atoms with van der Waals surface area (Å²) in [6, 6.07) is 0. The van der Waals surface area contributed by atoms with Crippen molar-refractivity contribution < 1.29 is 0 Å². The molecule has 1 aromatic rings. The fourth-order valence-electron chi connectivity index (χ4n) is 1.88. The zero-order valence-corrected chi connectivity index (χ0v) is 10.5. The monoisotopic (exact) mass is 223 g/mol. The van der Waals surface area contributed by atoms with Crippen LogP contribution in [0.25, 0.3) is 0 Å². The maximum absolute atomic E-state index is 12.2. The van der Waals surface area contributed by atoms with E-state index in [1.165, 1.54) is 0 Å². The molecule has 0 saturated carbocycles. The van der Waals surface area contributed by atoms with Gasteiger partial charge in [-0.1, -0.05) is 13.8 Å². The van der Waals surface area contributed by atoms with Gasteiger partial charge in [-0.05, 0) is 25.3 Å². The fraction of sp³-hybridized carbons (Fsp3) is 0.583. The van der Waals surface area contributed by atoms with Crippen LogP contribution in [-0.4, -0.2) is 4.57 Å². The molecule has 0 amide bonds. The Morgan fingerprint density at radius 3 is 2.31 bits per heavy atom. The van der Waals surface area contributed by atoms with Crippen molar-refractivity contribution in [1.82, 2.24) is 4.57 Å². The Hall–Kier alpha value is -1.29. The normalized spacial score (nSPS) is 11.1. The minimum Gasteiger partial charge on any atom is -0.397 e. The van der Waals surface area contributed by atoms with Crippen molar-refractivity contribution in [2.75, 3.05) is 5.73 Å². The van der Waals surface area contributed by atoms with E-state index in [0.717, 1.165) is 11.3 Å². The lowest BCUT2D eigenvalue weighted by molar-refractivity contribution is 0.500. The average molecular weight is 223 g/mol. The Bertz CT molecular complexity index is 447. The molecule has 0 atom stereocenters. The minimum atomic E-state index is 0.000370. The van der Waals surface area contributed by atoms with Gasteiger partial charge in [-0.2, -0.15) is 0 Å². The van der Waals surface area contributed by atoms with Crippen LogP contribution in [-0.2, 0) is 13.1 Å². The highest BCUT2D eigenvalue weighted by Crippen LogP contribution is 2.17. The van der Waals surface area contributed by atoms with E-state index in [1.807, 2.05) is 13.8 Å².